The number of nitriles is 1. The van der Waals surface area contributed by atoms with E-state index in [9.17, 15) is 31.5 Å². The fourth-order valence-electron chi connectivity index (χ4n) is 5.31. The number of benzene rings is 1. The maximum Gasteiger partial charge on any atom is 0.416 e. The monoisotopic (exact) mass is 623 g/mol. The number of carbonyl (C=O) groups is 2. The lowest BCUT2D eigenvalue weighted by Gasteiger charge is -2.34. The van der Waals surface area contributed by atoms with Crippen LogP contribution in [0.5, 0.6) is 0 Å². The van der Waals surface area contributed by atoms with Gasteiger partial charge in [-0.15, -0.1) is 0 Å². The maximum absolute atomic E-state index is 13.8. The third-order valence-corrected chi connectivity index (χ3v) is 7.90. The number of amides is 1. The normalized spacial score (nSPS) is 21.0. The summed E-state index contributed by atoms with van der Waals surface area (Å²) in [5.74, 6) is -3.46. The zero-order valence-corrected chi connectivity index (χ0v) is 25.1. The van der Waals surface area contributed by atoms with Crippen LogP contribution in [0.25, 0.3) is 0 Å². The highest BCUT2D eigenvalue weighted by molar-refractivity contribution is 5.87. The van der Waals surface area contributed by atoms with E-state index in [0.29, 0.717) is 24.9 Å². The number of alkyl halides is 5. The number of hydrogen-bond acceptors (Lipinski definition) is 7. The molecule has 3 atom stereocenters. The van der Waals surface area contributed by atoms with Gasteiger partial charge in [-0.25, -0.2) is 8.78 Å². The lowest BCUT2D eigenvalue weighted by Crippen LogP contribution is -2.46. The second kappa shape index (κ2) is 13.9. The van der Waals surface area contributed by atoms with Crippen molar-refractivity contribution in [3.8, 4) is 6.19 Å². The van der Waals surface area contributed by atoms with Gasteiger partial charge in [0.05, 0.1) is 24.3 Å². The highest BCUT2D eigenvalue weighted by atomic mass is 19.4. The molecular formula is C31H38F5N5O3. The second-order valence-electron chi connectivity index (χ2n) is 12.3. The number of halogens is 5. The van der Waals surface area contributed by atoms with Gasteiger partial charge in [0.2, 0.25) is 11.8 Å². The molecule has 240 valence electrons. The molecule has 1 aromatic heterocycles. The third-order valence-electron chi connectivity index (χ3n) is 7.90. The number of nitrogens with zero attached hydrogens (tertiary/aromatic N) is 4. The number of aromatic nitrogens is 1. The smallest absolute Gasteiger partial charge is 0.391 e. The van der Waals surface area contributed by atoms with E-state index in [2.05, 4.69) is 10.3 Å². The van der Waals surface area contributed by atoms with Gasteiger partial charge in [-0.2, -0.15) is 18.4 Å². The Morgan fingerprint density at radius 1 is 1.18 bits per heavy atom. The Morgan fingerprint density at radius 2 is 1.80 bits per heavy atom. The van der Waals surface area contributed by atoms with E-state index in [0.717, 1.165) is 24.0 Å². The second-order valence-corrected chi connectivity index (χ2v) is 12.3. The first-order chi connectivity index (χ1) is 20.5. The first-order valence-electron chi connectivity index (χ1n) is 14.3. The van der Waals surface area contributed by atoms with Gasteiger partial charge in [0, 0.05) is 56.0 Å². The fraction of sp³-hybridized carbons (Fsp3) is 0.548. The van der Waals surface area contributed by atoms with E-state index in [1.54, 1.807) is 19.2 Å². The van der Waals surface area contributed by atoms with Crippen molar-refractivity contribution in [1.82, 2.24) is 15.2 Å². The number of aliphatic hydroxyl groups excluding tert-OH is 1. The van der Waals surface area contributed by atoms with Crippen LogP contribution in [0.1, 0.15) is 75.6 Å². The maximum atomic E-state index is 13.8. The molecule has 0 radical (unpaired) electrons. The number of nitrogens with one attached hydrogen (secondary N) is 1. The minimum Gasteiger partial charge on any atom is -0.391 e. The number of hydrogen-bond donors (Lipinski definition) is 2. The van der Waals surface area contributed by atoms with E-state index in [4.69, 9.17) is 10.4 Å². The number of likely N-dealkylation sites (tertiary alicyclic amines) is 1. The highest BCUT2D eigenvalue weighted by Gasteiger charge is 2.41. The van der Waals surface area contributed by atoms with Crippen molar-refractivity contribution in [2.75, 3.05) is 18.5 Å². The van der Waals surface area contributed by atoms with Crippen molar-refractivity contribution in [3.63, 3.8) is 0 Å². The standard InChI is InChI=1S/C25H30F5N3O.C6H8N2O2/c1-23(2,3)16-5-7-18(8-6-16)33(4)21(19-15-31-14-11-20(19)25(28,29)30)22(34)32-17-9-12-24(26,27)13-10-17;7-4-8-2-6(10)1-5(8)3-9/h5-8,11,14-15,17,21H,9-10,12-13H2,1-4H3,(H,32,34);3,5-6,10H,1-2H2. The largest absolute Gasteiger partial charge is 0.416 e. The van der Waals surface area contributed by atoms with Gasteiger partial charge in [-0.1, -0.05) is 32.9 Å². The molecule has 0 spiro atoms. The molecule has 1 aliphatic heterocycles. The Morgan fingerprint density at radius 3 is 2.30 bits per heavy atom. The summed E-state index contributed by atoms with van der Waals surface area (Å²) >= 11 is 0. The summed E-state index contributed by atoms with van der Waals surface area (Å²) in [6, 6.07) is 5.81. The molecule has 13 heteroatoms. The quantitative estimate of drug-likeness (QED) is 0.253. The molecule has 2 aromatic rings. The highest BCUT2D eigenvalue weighted by Crippen LogP contribution is 2.38. The molecule has 1 aromatic carbocycles. The number of likely N-dealkylation sites (N-methyl/N-ethyl adjacent to an activating group) is 1. The summed E-state index contributed by atoms with van der Waals surface area (Å²) in [6.45, 7) is 6.42. The molecule has 1 saturated carbocycles. The molecule has 4 rings (SSSR count). The van der Waals surface area contributed by atoms with Crippen molar-refractivity contribution < 1.29 is 36.6 Å². The van der Waals surface area contributed by atoms with Crippen LogP contribution in [0.4, 0.5) is 27.6 Å². The first-order valence-corrected chi connectivity index (χ1v) is 14.3. The van der Waals surface area contributed by atoms with E-state index < -0.39 is 47.8 Å². The predicted octanol–water partition coefficient (Wildman–Crippen LogP) is 5.37. The molecule has 1 amide bonds. The molecular weight excluding hydrogens is 585 g/mol. The van der Waals surface area contributed by atoms with Crippen molar-refractivity contribution in [2.45, 2.75) is 94.6 Å². The number of β-amino-alcohol motifs (C(OH)–C–C–N with tert-alkyl or cyclic N) is 1. The fourth-order valence-corrected chi connectivity index (χ4v) is 5.31. The molecule has 2 aliphatic rings. The van der Waals surface area contributed by atoms with E-state index in [-0.39, 0.29) is 36.7 Å². The summed E-state index contributed by atoms with van der Waals surface area (Å²) in [5.41, 5.74) is 0.197. The first kappa shape index (κ1) is 34.7. The van der Waals surface area contributed by atoms with Gasteiger partial charge < -0.3 is 20.1 Å². The number of aldehydes is 1. The summed E-state index contributed by atoms with van der Waals surface area (Å²) in [7, 11) is 1.54. The number of carbonyl (C=O) groups excluding carboxylic acids is 2. The molecule has 3 unspecified atom stereocenters. The molecule has 2 heterocycles. The van der Waals surface area contributed by atoms with Crippen molar-refractivity contribution in [1.29, 1.82) is 5.26 Å². The average molecular weight is 624 g/mol. The Bertz CT molecular complexity index is 1310. The molecule has 0 bridgehead atoms. The number of pyridine rings is 1. The summed E-state index contributed by atoms with van der Waals surface area (Å²) < 4.78 is 68.5. The van der Waals surface area contributed by atoms with Gasteiger partial charge >= 0.3 is 6.18 Å². The van der Waals surface area contributed by atoms with Crippen LogP contribution >= 0.6 is 0 Å². The van der Waals surface area contributed by atoms with Crippen LogP contribution in [0.2, 0.25) is 0 Å². The van der Waals surface area contributed by atoms with Crippen molar-refractivity contribution in [2.24, 2.45) is 0 Å². The average Bonchev–Trinajstić information content (AvgIpc) is 3.33. The van der Waals surface area contributed by atoms with Crippen LogP contribution in [0.3, 0.4) is 0 Å². The Hall–Kier alpha value is -3.79. The topological polar surface area (TPSA) is 110 Å². The molecule has 2 fully saturated rings. The van der Waals surface area contributed by atoms with Crippen molar-refractivity contribution >= 4 is 17.9 Å². The van der Waals surface area contributed by atoms with Gasteiger partial charge in [0.25, 0.3) is 0 Å². The number of anilines is 1. The van der Waals surface area contributed by atoms with Gasteiger partial charge in [-0.3, -0.25) is 14.7 Å². The molecule has 1 saturated heterocycles. The summed E-state index contributed by atoms with van der Waals surface area (Å²) in [4.78, 5) is 30.2. The van der Waals surface area contributed by atoms with E-state index >= 15 is 0 Å². The summed E-state index contributed by atoms with van der Waals surface area (Å²) in [6.07, 6.45) is -0.828. The number of rotatable bonds is 6. The van der Waals surface area contributed by atoms with E-state index in [1.807, 2.05) is 39.1 Å². The molecule has 2 N–H and O–H groups in total. The Kier molecular flexibility index (Phi) is 10.9. The third kappa shape index (κ3) is 8.87. The van der Waals surface area contributed by atoms with Crippen molar-refractivity contribution in [3.05, 3.63) is 59.4 Å². The molecule has 1 aliphatic carbocycles. The number of aliphatic hydroxyl groups is 1. The van der Waals surface area contributed by atoms with Crippen LogP contribution < -0.4 is 10.2 Å². The lowest BCUT2D eigenvalue weighted by atomic mass is 9.87. The van der Waals surface area contributed by atoms with Crippen LogP contribution in [0.15, 0.2) is 42.7 Å². The lowest BCUT2D eigenvalue weighted by molar-refractivity contribution is -0.138. The summed E-state index contributed by atoms with van der Waals surface area (Å²) in [5, 5.41) is 20.1. The zero-order chi connectivity index (χ0) is 32.9. The minimum atomic E-state index is -4.69. The van der Waals surface area contributed by atoms with Crippen LogP contribution in [-0.2, 0) is 21.2 Å². The predicted molar refractivity (Wildman–Crippen MR) is 154 cm³/mol. The Labute approximate surface area is 253 Å². The zero-order valence-electron chi connectivity index (χ0n) is 25.1. The van der Waals surface area contributed by atoms with Gasteiger partial charge in [0.15, 0.2) is 6.19 Å². The SMILES string of the molecule is CN(c1ccc(C(C)(C)C)cc1)C(C(=O)NC1CCC(F)(F)CC1)c1cnccc1C(F)(F)F.N#CN1CC(O)CC1C=O. The van der Waals surface area contributed by atoms with Gasteiger partial charge in [0.1, 0.15) is 12.3 Å². The van der Waals surface area contributed by atoms with E-state index in [1.165, 1.54) is 9.80 Å². The molecule has 8 nitrogen and oxygen atoms in total. The van der Waals surface area contributed by atoms with Crippen LogP contribution in [0, 0.1) is 11.5 Å². The van der Waals surface area contributed by atoms with Crippen LogP contribution in [-0.4, -0.2) is 64.9 Å². The molecule has 44 heavy (non-hydrogen) atoms. The minimum absolute atomic E-state index is 0.0641. The Balaban J connectivity index is 0.000000448. The van der Waals surface area contributed by atoms with Gasteiger partial charge in [-0.05, 0) is 42.0 Å².